The highest BCUT2D eigenvalue weighted by Crippen LogP contribution is 2.55. The van der Waals surface area contributed by atoms with E-state index < -0.39 is 5.97 Å². The van der Waals surface area contributed by atoms with Crippen LogP contribution in [0.5, 0.6) is 0 Å². The summed E-state index contributed by atoms with van der Waals surface area (Å²) in [7, 11) is 1.68. The van der Waals surface area contributed by atoms with Gasteiger partial charge in [0.05, 0.1) is 12.0 Å². The Hall–Kier alpha value is -2.97. The number of nitrogens with one attached hydrogen (secondary N) is 1. The van der Waals surface area contributed by atoms with E-state index in [1.54, 1.807) is 30.7 Å². The van der Waals surface area contributed by atoms with Crippen molar-refractivity contribution in [3.8, 4) is 0 Å². The molecular weight excluding hydrogens is 398 g/mol. The van der Waals surface area contributed by atoms with Crippen LogP contribution in [0.4, 0.5) is 11.6 Å². The second-order valence-electron chi connectivity index (χ2n) is 8.57. The lowest BCUT2D eigenvalue weighted by molar-refractivity contribution is -0.136. The van der Waals surface area contributed by atoms with Gasteiger partial charge in [0.1, 0.15) is 11.3 Å². The number of rotatable bonds is 8. The molecule has 1 amide bonds. The van der Waals surface area contributed by atoms with Crippen LogP contribution in [0.2, 0.25) is 0 Å². The monoisotopic (exact) mass is 427 g/mol. The third-order valence-corrected chi connectivity index (χ3v) is 6.66. The Kier molecular flexibility index (Phi) is 5.68. The standard InChI is InChI=1S/C22H29N5O4/c1-3-17(28)26(2)16-9-8-15-20(25-16)27(22(11-12-22)14-6-4-5-7-14)21(31)19(24-15)23-13-10-18(29)30/h8-9,14H,3-7,10-13H2,1-2H3,(H,23,24)(H,29,30). The maximum absolute atomic E-state index is 13.5. The first-order valence-corrected chi connectivity index (χ1v) is 11.0. The van der Waals surface area contributed by atoms with Crippen LogP contribution < -0.4 is 15.8 Å². The smallest absolute Gasteiger partial charge is 0.305 e. The number of carboxylic acid groups (broad SMARTS) is 1. The van der Waals surface area contributed by atoms with Crippen molar-refractivity contribution in [3.63, 3.8) is 0 Å². The highest BCUT2D eigenvalue weighted by atomic mass is 16.4. The molecule has 31 heavy (non-hydrogen) atoms. The Morgan fingerprint density at radius 3 is 2.58 bits per heavy atom. The van der Waals surface area contributed by atoms with Crippen LogP contribution in [0.15, 0.2) is 16.9 Å². The van der Waals surface area contributed by atoms with Gasteiger partial charge in [-0.2, -0.15) is 0 Å². The zero-order chi connectivity index (χ0) is 22.2. The molecule has 2 saturated carbocycles. The predicted octanol–water partition coefficient (Wildman–Crippen LogP) is 2.73. The van der Waals surface area contributed by atoms with Crippen LogP contribution in [-0.2, 0) is 15.1 Å². The van der Waals surface area contributed by atoms with E-state index in [-0.39, 0.29) is 35.8 Å². The summed E-state index contributed by atoms with van der Waals surface area (Å²) in [4.78, 5) is 47.3. The van der Waals surface area contributed by atoms with E-state index in [9.17, 15) is 14.4 Å². The second kappa shape index (κ2) is 8.28. The van der Waals surface area contributed by atoms with Gasteiger partial charge in [0, 0.05) is 20.0 Å². The van der Waals surface area contributed by atoms with Crippen molar-refractivity contribution in [2.24, 2.45) is 5.92 Å². The fourth-order valence-electron chi connectivity index (χ4n) is 4.83. The van der Waals surface area contributed by atoms with E-state index in [1.165, 1.54) is 17.7 Å². The molecule has 2 fully saturated rings. The maximum Gasteiger partial charge on any atom is 0.305 e. The maximum atomic E-state index is 13.5. The average Bonchev–Trinajstić information content (AvgIpc) is 3.35. The van der Waals surface area contributed by atoms with Crippen molar-refractivity contribution in [3.05, 3.63) is 22.5 Å². The molecule has 2 heterocycles. The molecule has 0 aromatic carbocycles. The molecule has 2 N–H and O–H groups in total. The summed E-state index contributed by atoms with van der Waals surface area (Å²) in [6.45, 7) is 1.92. The molecule has 2 aromatic rings. The Morgan fingerprint density at radius 2 is 1.97 bits per heavy atom. The number of fused-ring (bicyclic) bond motifs is 1. The van der Waals surface area contributed by atoms with E-state index in [0.717, 1.165) is 25.7 Å². The molecule has 0 bridgehead atoms. The Morgan fingerprint density at radius 1 is 1.26 bits per heavy atom. The van der Waals surface area contributed by atoms with Crippen molar-refractivity contribution in [1.29, 1.82) is 0 Å². The minimum absolute atomic E-state index is 0.0578. The average molecular weight is 428 g/mol. The van der Waals surface area contributed by atoms with Gasteiger partial charge < -0.3 is 10.4 Å². The van der Waals surface area contributed by atoms with Gasteiger partial charge in [-0.05, 0) is 43.7 Å². The number of carbonyl (C=O) groups excluding carboxylic acids is 1. The van der Waals surface area contributed by atoms with Crippen LogP contribution in [0, 0.1) is 5.92 Å². The van der Waals surface area contributed by atoms with Gasteiger partial charge in [-0.25, -0.2) is 9.97 Å². The van der Waals surface area contributed by atoms with Gasteiger partial charge in [0.2, 0.25) is 5.91 Å². The first-order chi connectivity index (χ1) is 14.9. The van der Waals surface area contributed by atoms with Gasteiger partial charge in [-0.1, -0.05) is 19.8 Å². The summed E-state index contributed by atoms with van der Waals surface area (Å²) in [5.41, 5.74) is 0.516. The lowest BCUT2D eigenvalue weighted by Crippen LogP contribution is -2.38. The third kappa shape index (κ3) is 3.88. The number of amides is 1. The summed E-state index contributed by atoms with van der Waals surface area (Å²) < 4.78 is 1.79. The van der Waals surface area contributed by atoms with Gasteiger partial charge >= 0.3 is 5.97 Å². The SMILES string of the molecule is CCC(=O)N(C)c1ccc2nc(NCCC(=O)O)c(=O)n(C3(C4CCCC4)CC3)c2n1. The number of anilines is 2. The first kappa shape index (κ1) is 21.3. The van der Waals surface area contributed by atoms with Crippen LogP contribution in [0.1, 0.15) is 58.3 Å². The largest absolute Gasteiger partial charge is 0.481 e. The molecule has 9 nitrogen and oxygen atoms in total. The van der Waals surface area contributed by atoms with E-state index >= 15 is 0 Å². The Balaban J connectivity index is 1.85. The zero-order valence-electron chi connectivity index (χ0n) is 18.1. The van der Waals surface area contributed by atoms with Crippen molar-refractivity contribution in [2.45, 2.75) is 63.8 Å². The summed E-state index contributed by atoms with van der Waals surface area (Å²) in [5, 5.41) is 11.8. The zero-order valence-corrected chi connectivity index (χ0v) is 18.1. The molecule has 9 heteroatoms. The van der Waals surface area contributed by atoms with Crippen LogP contribution in [-0.4, -0.2) is 45.1 Å². The summed E-state index contributed by atoms with van der Waals surface area (Å²) in [5.74, 6) is 0.0718. The fourth-order valence-corrected chi connectivity index (χ4v) is 4.83. The van der Waals surface area contributed by atoms with Crippen LogP contribution in [0.25, 0.3) is 11.2 Å². The number of carbonyl (C=O) groups is 2. The molecule has 2 aliphatic rings. The van der Waals surface area contributed by atoms with Crippen molar-refractivity contribution < 1.29 is 14.7 Å². The molecule has 0 unspecified atom stereocenters. The summed E-state index contributed by atoms with van der Waals surface area (Å²) >= 11 is 0. The number of pyridine rings is 1. The van der Waals surface area contributed by atoms with Gasteiger partial charge in [0.15, 0.2) is 11.5 Å². The molecule has 0 radical (unpaired) electrons. The van der Waals surface area contributed by atoms with E-state index in [0.29, 0.717) is 29.3 Å². The Labute approximate surface area is 180 Å². The molecule has 166 valence electrons. The lowest BCUT2D eigenvalue weighted by atomic mass is 9.95. The van der Waals surface area contributed by atoms with E-state index in [4.69, 9.17) is 10.1 Å². The molecule has 4 rings (SSSR count). The van der Waals surface area contributed by atoms with E-state index in [1.807, 2.05) is 0 Å². The highest BCUT2D eigenvalue weighted by Gasteiger charge is 2.53. The number of nitrogens with zero attached hydrogens (tertiary/aromatic N) is 4. The van der Waals surface area contributed by atoms with E-state index in [2.05, 4.69) is 10.3 Å². The van der Waals surface area contributed by atoms with Crippen molar-refractivity contribution in [2.75, 3.05) is 23.8 Å². The molecule has 2 aromatic heterocycles. The summed E-state index contributed by atoms with van der Waals surface area (Å²) in [6.07, 6.45) is 6.61. The number of hydrogen-bond donors (Lipinski definition) is 2. The van der Waals surface area contributed by atoms with Gasteiger partial charge in [-0.15, -0.1) is 0 Å². The molecule has 0 atom stereocenters. The summed E-state index contributed by atoms with van der Waals surface area (Å²) in [6, 6.07) is 3.51. The normalized spacial score (nSPS) is 17.6. The quantitative estimate of drug-likeness (QED) is 0.665. The molecule has 0 saturated heterocycles. The Bertz CT molecular complexity index is 1070. The highest BCUT2D eigenvalue weighted by molar-refractivity contribution is 5.92. The van der Waals surface area contributed by atoms with Crippen molar-refractivity contribution >= 4 is 34.7 Å². The second-order valence-corrected chi connectivity index (χ2v) is 8.57. The minimum Gasteiger partial charge on any atom is -0.481 e. The predicted molar refractivity (Wildman–Crippen MR) is 117 cm³/mol. The van der Waals surface area contributed by atoms with Crippen LogP contribution >= 0.6 is 0 Å². The number of carboxylic acids is 1. The van der Waals surface area contributed by atoms with Gasteiger partial charge in [0.25, 0.3) is 5.56 Å². The first-order valence-electron chi connectivity index (χ1n) is 11.0. The topological polar surface area (TPSA) is 117 Å². The molecular formula is C22H29N5O4. The lowest BCUT2D eigenvalue weighted by Gasteiger charge is -2.27. The van der Waals surface area contributed by atoms with Gasteiger partial charge in [-0.3, -0.25) is 23.9 Å². The molecule has 0 spiro atoms. The third-order valence-electron chi connectivity index (χ3n) is 6.66. The minimum atomic E-state index is -0.937. The molecule has 2 aliphatic carbocycles. The molecule has 0 aliphatic heterocycles. The fraction of sp³-hybridized carbons (Fsp3) is 0.591. The van der Waals surface area contributed by atoms with Crippen LogP contribution in [0.3, 0.4) is 0 Å². The number of aromatic nitrogens is 3. The number of hydrogen-bond acceptors (Lipinski definition) is 6. The number of aliphatic carboxylic acids is 1. The van der Waals surface area contributed by atoms with Crippen molar-refractivity contribution in [1.82, 2.24) is 14.5 Å².